The van der Waals surface area contributed by atoms with Crippen molar-refractivity contribution >= 4 is 41.5 Å². The molecule has 5 nitrogen and oxygen atoms in total. The molecule has 1 fully saturated rings. The number of guanidine groups is 1. The molecule has 0 aliphatic carbocycles. The zero-order valence-electron chi connectivity index (χ0n) is 17.0. The molecule has 7 heteroatoms. The first kappa shape index (κ1) is 23.9. The van der Waals surface area contributed by atoms with E-state index in [-0.39, 0.29) is 24.0 Å². The summed E-state index contributed by atoms with van der Waals surface area (Å²) in [6, 6.07) is 14.6. The van der Waals surface area contributed by atoms with Crippen LogP contribution in [0.4, 0.5) is 0 Å². The van der Waals surface area contributed by atoms with Gasteiger partial charge in [0, 0.05) is 39.4 Å². The molecule has 158 valence electrons. The molecule has 1 saturated heterocycles. The Kier molecular flexibility index (Phi) is 10.7. The summed E-state index contributed by atoms with van der Waals surface area (Å²) in [6.45, 7) is 5.27. The molecule has 1 atom stereocenters. The van der Waals surface area contributed by atoms with Gasteiger partial charge in [-0.1, -0.05) is 48.0 Å². The topological polar surface area (TPSA) is 52.6 Å². The molecule has 1 aliphatic rings. The highest BCUT2D eigenvalue weighted by Gasteiger charge is 2.22. The number of aliphatic imine (C=N–C) groups is 1. The average molecular weight is 528 g/mol. The summed E-state index contributed by atoms with van der Waals surface area (Å²) >= 11 is 5.82. The quantitative estimate of drug-likeness (QED) is 0.238. The molecule has 3 rings (SSSR count). The molecule has 2 heterocycles. The lowest BCUT2D eigenvalue weighted by molar-refractivity contribution is 0.328. The van der Waals surface area contributed by atoms with Crippen LogP contribution in [0.3, 0.4) is 0 Å². The van der Waals surface area contributed by atoms with E-state index in [9.17, 15) is 0 Å². The van der Waals surface area contributed by atoms with E-state index in [4.69, 9.17) is 11.6 Å². The molecule has 1 aromatic carbocycles. The predicted octanol–water partition coefficient (Wildman–Crippen LogP) is 3.63. The minimum Gasteiger partial charge on any atom is -0.356 e. The van der Waals surface area contributed by atoms with Gasteiger partial charge in [0.2, 0.25) is 0 Å². The Hall–Kier alpha value is -1.38. The summed E-state index contributed by atoms with van der Waals surface area (Å²) in [5, 5.41) is 7.39. The van der Waals surface area contributed by atoms with Gasteiger partial charge in [0.1, 0.15) is 5.15 Å². The Morgan fingerprint density at radius 2 is 1.97 bits per heavy atom. The van der Waals surface area contributed by atoms with Crippen molar-refractivity contribution in [2.75, 3.05) is 39.8 Å². The van der Waals surface area contributed by atoms with Crippen molar-refractivity contribution < 1.29 is 0 Å². The van der Waals surface area contributed by atoms with Gasteiger partial charge < -0.3 is 15.5 Å². The number of nitrogens with one attached hydrogen (secondary N) is 2. The van der Waals surface area contributed by atoms with Crippen LogP contribution in [0.15, 0.2) is 53.7 Å². The lowest BCUT2D eigenvalue weighted by Crippen LogP contribution is -2.41. The second-order valence-corrected chi connectivity index (χ2v) is 7.70. The lowest BCUT2D eigenvalue weighted by atomic mass is 10.1. The van der Waals surface area contributed by atoms with E-state index in [1.54, 1.807) is 0 Å². The van der Waals surface area contributed by atoms with Crippen LogP contribution < -0.4 is 10.6 Å². The van der Waals surface area contributed by atoms with E-state index in [2.05, 4.69) is 55.8 Å². The highest BCUT2D eigenvalue weighted by molar-refractivity contribution is 14.0. The summed E-state index contributed by atoms with van der Waals surface area (Å²) in [7, 11) is 1.82. The molecule has 0 amide bonds. The number of halogens is 2. The molecule has 0 bridgehead atoms. The number of aromatic nitrogens is 1. The van der Waals surface area contributed by atoms with E-state index in [1.165, 1.54) is 18.5 Å². The third-order valence-electron chi connectivity index (χ3n) is 5.21. The fourth-order valence-corrected chi connectivity index (χ4v) is 3.67. The Balaban J connectivity index is 0.00000300. The standard InChI is InChI=1S/C22H30ClN5.HI/c1-24-22(25-12-9-19-7-8-21(23)26-15-19)27-16-20-11-14-28(17-20)13-10-18-5-3-2-4-6-18;/h2-8,15,20H,9-14,16-17H2,1H3,(H2,24,25,27);1H. The van der Waals surface area contributed by atoms with Crippen LogP contribution >= 0.6 is 35.6 Å². The number of hydrogen-bond acceptors (Lipinski definition) is 3. The predicted molar refractivity (Wildman–Crippen MR) is 132 cm³/mol. The average Bonchev–Trinajstić information content (AvgIpc) is 3.19. The summed E-state index contributed by atoms with van der Waals surface area (Å²) in [4.78, 5) is 11.0. The minimum atomic E-state index is 0. The minimum absolute atomic E-state index is 0. The number of benzene rings is 1. The maximum atomic E-state index is 5.82. The van der Waals surface area contributed by atoms with Gasteiger partial charge in [0.25, 0.3) is 0 Å². The fourth-order valence-electron chi connectivity index (χ4n) is 3.56. The SMILES string of the molecule is CN=C(NCCc1ccc(Cl)nc1)NCC1CCN(CCc2ccccc2)C1.I. The maximum Gasteiger partial charge on any atom is 0.190 e. The van der Waals surface area contributed by atoms with Crippen LogP contribution in [0, 0.1) is 5.92 Å². The van der Waals surface area contributed by atoms with Crippen molar-refractivity contribution in [3.05, 3.63) is 64.9 Å². The second kappa shape index (κ2) is 13.0. The monoisotopic (exact) mass is 527 g/mol. The smallest absolute Gasteiger partial charge is 0.190 e. The number of pyridine rings is 1. The molecule has 0 saturated carbocycles. The van der Waals surface area contributed by atoms with Gasteiger partial charge in [-0.05, 0) is 48.9 Å². The molecule has 29 heavy (non-hydrogen) atoms. The van der Waals surface area contributed by atoms with Crippen molar-refractivity contribution in [2.45, 2.75) is 19.3 Å². The lowest BCUT2D eigenvalue weighted by Gasteiger charge is -2.17. The highest BCUT2D eigenvalue weighted by Crippen LogP contribution is 2.16. The first-order valence-corrected chi connectivity index (χ1v) is 10.4. The molecule has 2 aromatic rings. The van der Waals surface area contributed by atoms with Gasteiger partial charge in [-0.25, -0.2) is 4.98 Å². The van der Waals surface area contributed by atoms with E-state index >= 15 is 0 Å². The number of nitrogens with zero attached hydrogens (tertiary/aromatic N) is 3. The first-order valence-electron chi connectivity index (χ1n) is 10.0. The summed E-state index contributed by atoms with van der Waals surface area (Å²) in [5.74, 6) is 1.54. The van der Waals surface area contributed by atoms with Crippen molar-refractivity contribution in [3.63, 3.8) is 0 Å². The third-order valence-corrected chi connectivity index (χ3v) is 5.43. The summed E-state index contributed by atoms with van der Waals surface area (Å²) in [5.41, 5.74) is 2.58. The van der Waals surface area contributed by atoms with Crippen LogP contribution in [0.2, 0.25) is 5.15 Å². The zero-order chi connectivity index (χ0) is 19.6. The van der Waals surface area contributed by atoms with Crippen molar-refractivity contribution in [1.82, 2.24) is 20.5 Å². The van der Waals surface area contributed by atoms with Crippen LogP contribution in [0.1, 0.15) is 17.5 Å². The van der Waals surface area contributed by atoms with E-state index in [0.717, 1.165) is 50.5 Å². The molecule has 0 radical (unpaired) electrons. The van der Waals surface area contributed by atoms with Crippen LogP contribution in [0.5, 0.6) is 0 Å². The molecule has 1 unspecified atom stereocenters. The van der Waals surface area contributed by atoms with Gasteiger partial charge in [0.05, 0.1) is 0 Å². The largest absolute Gasteiger partial charge is 0.356 e. The maximum absolute atomic E-state index is 5.82. The van der Waals surface area contributed by atoms with Crippen molar-refractivity contribution in [3.8, 4) is 0 Å². The number of hydrogen-bond donors (Lipinski definition) is 2. The number of likely N-dealkylation sites (tertiary alicyclic amines) is 1. The van der Waals surface area contributed by atoms with Gasteiger partial charge >= 0.3 is 0 Å². The molecule has 1 aromatic heterocycles. The third kappa shape index (κ3) is 8.48. The Labute approximate surface area is 196 Å². The van der Waals surface area contributed by atoms with E-state index < -0.39 is 0 Å². The van der Waals surface area contributed by atoms with Crippen LogP contribution in [0.25, 0.3) is 0 Å². The Morgan fingerprint density at radius 1 is 1.14 bits per heavy atom. The highest BCUT2D eigenvalue weighted by atomic mass is 127. The van der Waals surface area contributed by atoms with Crippen molar-refractivity contribution in [1.29, 1.82) is 0 Å². The number of rotatable bonds is 8. The first-order chi connectivity index (χ1) is 13.7. The molecular formula is C22H31ClIN5. The van der Waals surface area contributed by atoms with E-state index in [1.807, 2.05) is 25.4 Å². The van der Waals surface area contributed by atoms with Gasteiger partial charge in [-0.2, -0.15) is 0 Å². The van der Waals surface area contributed by atoms with Crippen LogP contribution in [-0.2, 0) is 12.8 Å². The van der Waals surface area contributed by atoms with Gasteiger partial charge in [-0.3, -0.25) is 4.99 Å². The normalized spacial score (nSPS) is 17.0. The summed E-state index contributed by atoms with van der Waals surface area (Å²) in [6.07, 6.45) is 5.09. The summed E-state index contributed by atoms with van der Waals surface area (Å²) < 4.78 is 0. The van der Waals surface area contributed by atoms with Crippen molar-refractivity contribution in [2.24, 2.45) is 10.9 Å². The molecule has 0 spiro atoms. The second-order valence-electron chi connectivity index (χ2n) is 7.31. The fraction of sp³-hybridized carbons (Fsp3) is 0.455. The molecular weight excluding hydrogens is 497 g/mol. The van der Waals surface area contributed by atoms with Crippen LogP contribution in [-0.4, -0.2) is 55.6 Å². The van der Waals surface area contributed by atoms with Gasteiger partial charge in [0.15, 0.2) is 5.96 Å². The molecule has 2 N–H and O–H groups in total. The van der Waals surface area contributed by atoms with E-state index in [0.29, 0.717) is 11.1 Å². The molecule has 1 aliphatic heterocycles. The Morgan fingerprint density at radius 3 is 2.69 bits per heavy atom. The zero-order valence-corrected chi connectivity index (χ0v) is 20.1. The van der Waals surface area contributed by atoms with Gasteiger partial charge in [-0.15, -0.1) is 24.0 Å². The Bertz CT molecular complexity index is 739.